The molecule has 0 unspecified atom stereocenters. The van der Waals surface area contributed by atoms with Crippen molar-refractivity contribution in [2.24, 2.45) is 5.92 Å². The standard InChI is InChI=1S/C26H46O21/c1-6(2)19-21(44-24-16(36)13(33)11(31)8(4-28)42-24)22(45-25-17(37)14(34)18(38)26(46-25)47-39)20(9(5-29)40-19)43-23-15(35)12(32)10(30)7(3-27)41-23/h6-39H,3-5H2,1-2H3/t7-,8-,9-,10-,11-,12+,13+,14-,15-,16-,17-,18+,19+,20-,21+,22+,23+,24+,25-,26-/m1/s1. The lowest BCUT2D eigenvalue weighted by Crippen LogP contribution is -2.69. The maximum Gasteiger partial charge on any atom is 0.222 e. The van der Waals surface area contributed by atoms with Gasteiger partial charge in [-0.1, -0.05) is 13.8 Å². The Balaban J connectivity index is 1.75. The third kappa shape index (κ3) is 7.90. The van der Waals surface area contributed by atoms with Crippen molar-refractivity contribution in [1.82, 2.24) is 0 Å². The van der Waals surface area contributed by atoms with Crippen LogP contribution in [0.15, 0.2) is 0 Å². The molecule has 21 heteroatoms. The minimum atomic E-state index is -2.04. The molecule has 21 nitrogen and oxygen atoms in total. The lowest BCUT2D eigenvalue weighted by Gasteiger charge is -2.52. The van der Waals surface area contributed by atoms with Crippen LogP contribution < -0.4 is 0 Å². The number of hydrogen-bond acceptors (Lipinski definition) is 21. The first-order valence-electron chi connectivity index (χ1n) is 15.0. The fourth-order valence-corrected chi connectivity index (χ4v) is 5.94. The third-order valence-electron chi connectivity index (χ3n) is 8.71. The van der Waals surface area contributed by atoms with E-state index in [0.717, 1.165) is 0 Å². The zero-order chi connectivity index (χ0) is 34.9. The van der Waals surface area contributed by atoms with Gasteiger partial charge in [0.15, 0.2) is 18.9 Å². The van der Waals surface area contributed by atoms with E-state index in [2.05, 4.69) is 4.89 Å². The summed E-state index contributed by atoms with van der Waals surface area (Å²) >= 11 is 0. The maximum absolute atomic E-state index is 10.7. The Labute approximate surface area is 267 Å². The van der Waals surface area contributed by atoms with E-state index >= 15 is 0 Å². The van der Waals surface area contributed by atoms with Crippen molar-refractivity contribution in [3.05, 3.63) is 0 Å². The lowest BCUT2D eigenvalue weighted by molar-refractivity contribution is -0.442. The molecule has 0 aromatic heterocycles. The highest BCUT2D eigenvalue weighted by Crippen LogP contribution is 2.38. The predicted octanol–water partition coefficient (Wildman–Crippen LogP) is -7.59. The van der Waals surface area contributed by atoms with E-state index in [9.17, 15) is 66.5 Å². The zero-order valence-electron chi connectivity index (χ0n) is 25.3. The number of ether oxygens (including phenoxy) is 7. The number of hydrogen-bond donors (Lipinski definition) is 13. The van der Waals surface area contributed by atoms with Gasteiger partial charge < -0.3 is 94.4 Å². The largest absolute Gasteiger partial charge is 0.394 e. The Bertz CT molecular complexity index is 958. The number of rotatable bonds is 11. The molecule has 0 spiro atoms. The molecule has 4 heterocycles. The molecule has 0 bridgehead atoms. The van der Waals surface area contributed by atoms with Gasteiger partial charge in [0, 0.05) is 0 Å². The Morgan fingerprint density at radius 2 is 0.830 bits per heavy atom. The first kappa shape index (κ1) is 39.0. The molecule has 47 heavy (non-hydrogen) atoms. The molecule has 0 radical (unpaired) electrons. The molecule has 0 aromatic carbocycles. The summed E-state index contributed by atoms with van der Waals surface area (Å²) in [5.41, 5.74) is 0. The van der Waals surface area contributed by atoms with Gasteiger partial charge in [-0.05, 0) is 5.92 Å². The van der Waals surface area contributed by atoms with Gasteiger partial charge in [-0.2, -0.15) is 0 Å². The molecule has 0 aromatic rings. The molecule has 4 fully saturated rings. The summed E-state index contributed by atoms with van der Waals surface area (Å²) in [6, 6.07) is 0. The van der Waals surface area contributed by atoms with E-state index < -0.39 is 149 Å². The van der Waals surface area contributed by atoms with Crippen LogP contribution in [-0.4, -0.2) is 209 Å². The van der Waals surface area contributed by atoms with Crippen LogP contribution in [0.3, 0.4) is 0 Å². The maximum atomic E-state index is 10.7. The Morgan fingerprint density at radius 1 is 0.447 bits per heavy atom. The second kappa shape index (κ2) is 16.5. The van der Waals surface area contributed by atoms with Gasteiger partial charge in [0.2, 0.25) is 6.29 Å². The first-order valence-corrected chi connectivity index (χ1v) is 15.0. The molecule has 13 N–H and O–H groups in total. The molecule has 4 saturated heterocycles. The molecule has 0 saturated carbocycles. The minimum Gasteiger partial charge on any atom is -0.394 e. The highest BCUT2D eigenvalue weighted by atomic mass is 17.1. The topological polar surface area (TPSA) is 337 Å². The normalized spacial score (nSPS) is 51.3. The van der Waals surface area contributed by atoms with Crippen LogP contribution in [0.25, 0.3) is 0 Å². The molecule has 4 rings (SSSR count). The summed E-state index contributed by atoms with van der Waals surface area (Å²) in [7, 11) is 0. The predicted molar refractivity (Wildman–Crippen MR) is 143 cm³/mol. The summed E-state index contributed by atoms with van der Waals surface area (Å²) in [5.74, 6) is -0.517. The fourth-order valence-electron chi connectivity index (χ4n) is 5.94. The monoisotopic (exact) mass is 694 g/mol. The van der Waals surface area contributed by atoms with Crippen LogP contribution >= 0.6 is 0 Å². The average Bonchev–Trinajstić information content (AvgIpc) is 3.05. The van der Waals surface area contributed by atoms with Crippen molar-refractivity contribution >= 4 is 0 Å². The lowest BCUT2D eigenvalue weighted by atomic mass is 9.88. The molecular weight excluding hydrogens is 648 g/mol. The average molecular weight is 695 g/mol. The quantitative estimate of drug-likeness (QED) is 0.0705. The number of aliphatic hydroxyl groups excluding tert-OH is 12. The van der Waals surface area contributed by atoms with Crippen LogP contribution in [0, 0.1) is 5.92 Å². The van der Waals surface area contributed by atoms with E-state index in [-0.39, 0.29) is 0 Å². The van der Waals surface area contributed by atoms with Crippen molar-refractivity contribution in [2.45, 2.75) is 137 Å². The van der Waals surface area contributed by atoms with Gasteiger partial charge in [0.25, 0.3) is 0 Å². The number of aliphatic hydroxyl groups is 12. The molecule has 4 aliphatic rings. The minimum absolute atomic E-state index is 0.517. The summed E-state index contributed by atoms with van der Waals surface area (Å²) in [6.45, 7) is 0.870. The molecule has 0 aliphatic carbocycles. The van der Waals surface area contributed by atoms with E-state index in [1.165, 1.54) is 0 Å². The zero-order valence-corrected chi connectivity index (χ0v) is 25.3. The van der Waals surface area contributed by atoms with Crippen LogP contribution in [0.5, 0.6) is 0 Å². The Hall–Kier alpha value is -0.840. The van der Waals surface area contributed by atoms with Gasteiger partial charge in [-0.3, -0.25) is 0 Å². The van der Waals surface area contributed by atoms with Crippen molar-refractivity contribution in [2.75, 3.05) is 19.8 Å². The molecule has 0 amide bonds. The highest BCUT2D eigenvalue weighted by Gasteiger charge is 2.57. The summed E-state index contributed by atoms with van der Waals surface area (Å²) in [5, 5.41) is 133. The van der Waals surface area contributed by atoms with Gasteiger partial charge in [-0.25, -0.2) is 10.1 Å². The van der Waals surface area contributed by atoms with Gasteiger partial charge in [0.1, 0.15) is 91.6 Å². The van der Waals surface area contributed by atoms with Gasteiger partial charge in [-0.15, -0.1) is 0 Å². The molecule has 20 atom stereocenters. The van der Waals surface area contributed by atoms with E-state index in [4.69, 9.17) is 33.2 Å². The van der Waals surface area contributed by atoms with Crippen LogP contribution in [0.4, 0.5) is 0 Å². The third-order valence-corrected chi connectivity index (χ3v) is 8.71. The summed E-state index contributed by atoms with van der Waals surface area (Å²) in [4.78, 5) is 4.05. The van der Waals surface area contributed by atoms with Gasteiger partial charge >= 0.3 is 0 Å². The highest BCUT2D eigenvalue weighted by molar-refractivity contribution is 5.00. The van der Waals surface area contributed by atoms with Crippen molar-refractivity contribution in [3.8, 4) is 0 Å². The Kier molecular flexibility index (Phi) is 13.6. The van der Waals surface area contributed by atoms with Crippen LogP contribution in [-0.2, 0) is 38.0 Å². The van der Waals surface area contributed by atoms with E-state index in [1.54, 1.807) is 13.8 Å². The van der Waals surface area contributed by atoms with E-state index in [1.807, 2.05) is 0 Å². The van der Waals surface area contributed by atoms with Crippen molar-refractivity contribution in [3.63, 3.8) is 0 Å². The van der Waals surface area contributed by atoms with Crippen LogP contribution in [0.1, 0.15) is 13.8 Å². The summed E-state index contributed by atoms with van der Waals surface area (Å²) < 4.78 is 40.3. The molecule has 4 aliphatic heterocycles. The second-order valence-electron chi connectivity index (χ2n) is 12.2. The summed E-state index contributed by atoms with van der Waals surface area (Å²) in [6.07, 6.45) is -35.0. The van der Waals surface area contributed by atoms with Crippen LogP contribution in [0.2, 0.25) is 0 Å². The smallest absolute Gasteiger partial charge is 0.222 e. The molecule has 276 valence electrons. The first-order chi connectivity index (χ1) is 22.2. The van der Waals surface area contributed by atoms with Gasteiger partial charge in [0.05, 0.1) is 25.9 Å². The van der Waals surface area contributed by atoms with Crippen molar-refractivity contribution in [1.29, 1.82) is 0 Å². The van der Waals surface area contributed by atoms with E-state index in [0.29, 0.717) is 0 Å². The van der Waals surface area contributed by atoms with Crippen molar-refractivity contribution < 1.29 is 105 Å². The Morgan fingerprint density at radius 3 is 1.26 bits per heavy atom. The molecular formula is C26H46O21. The SMILES string of the molecule is CC(C)[C@@H]1O[C@H](CO)[C@@H](O[C@@H]2O[C@H](CO)[C@@H](O)[C@H](O)[C@H]2O)[C@H](O[C@@H]2O[C@H](OO)[C@@H](O)[C@H](O)[C@H]2O)[C@H]1O[C@@H]1O[C@H](CO)[C@@H](O)[C@H](O)[C@H]1O. The second-order valence-corrected chi connectivity index (χ2v) is 12.2. The fraction of sp³-hybridized carbons (Fsp3) is 1.00.